The summed E-state index contributed by atoms with van der Waals surface area (Å²) in [5.41, 5.74) is 0. The molecule has 0 rings (SSSR count). The number of aliphatic imine (C=N–C) groups is 1. The van der Waals surface area contributed by atoms with Gasteiger partial charge in [0.1, 0.15) is 0 Å². The summed E-state index contributed by atoms with van der Waals surface area (Å²) in [6, 6.07) is 0. The molecule has 0 saturated heterocycles. The summed E-state index contributed by atoms with van der Waals surface area (Å²) in [5.74, 6) is 0.353. The van der Waals surface area contributed by atoms with Crippen LogP contribution in [0, 0.1) is 0 Å². The lowest BCUT2D eigenvalue weighted by atomic mass is 10.2. The van der Waals surface area contributed by atoms with Crippen molar-refractivity contribution < 1.29 is 8.42 Å². The molecule has 0 spiro atoms. The second-order valence-electron chi connectivity index (χ2n) is 4.72. The van der Waals surface area contributed by atoms with Crippen molar-refractivity contribution in [3.8, 4) is 0 Å². The molecule has 0 radical (unpaired) electrons. The fourth-order valence-electron chi connectivity index (χ4n) is 1.34. The third-order valence-electron chi connectivity index (χ3n) is 2.65. The van der Waals surface area contributed by atoms with Crippen molar-refractivity contribution >= 4 is 39.3 Å². The highest BCUT2D eigenvalue weighted by Gasteiger charge is 2.08. The van der Waals surface area contributed by atoms with Crippen molar-refractivity contribution in [2.45, 2.75) is 25.6 Å². The van der Waals surface area contributed by atoms with Crippen LogP contribution in [0.1, 0.15) is 20.3 Å². The molecule has 0 aromatic rings. The van der Waals surface area contributed by atoms with Gasteiger partial charge in [-0.05, 0) is 26.5 Å². The van der Waals surface area contributed by atoms with E-state index in [0.717, 1.165) is 0 Å². The van der Waals surface area contributed by atoms with Crippen LogP contribution >= 0.6 is 23.2 Å². The Labute approximate surface area is 138 Å². The zero-order valence-electron chi connectivity index (χ0n) is 12.8. The van der Waals surface area contributed by atoms with Crippen LogP contribution in [0.5, 0.6) is 0 Å². The smallest absolute Gasteiger partial charge is 0.151 e. The average Bonchev–Trinajstić information content (AvgIpc) is 2.39. The molecule has 0 fully saturated rings. The Hall–Kier alpha value is -0.360. The summed E-state index contributed by atoms with van der Waals surface area (Å²) in [6.45, 7) is 4.40. The van der Waals surface area contributed by atoms with Crippen molar-refractivity contribution in [2.24, 2.45) is 4.99 Å². The Bertz CT molecular complexity index is 469. The number of hydrogen-bond donors (Lipinski definition) is 0. The van der Waals surface area contributed by atoms with E-state index >= 15 is 0 Å². The number of sulfone groups is 1. The van der Waals surface area contributed by atoms with Gasteiger partial charge >= 0.3 is 0 Å². The number of alkyl halides is 1. The van der Waals surface area contributed by atoms with Crippen molar-refractivity contribution in [1.29, 1.82) is 0 Å². The van der Waals surface area contributed by atoms with Crippen molar-refractivity contribution in [1.82, 2.24) is 4.90 Å². The predicted octanol–water partition coefficient (Wildman–Crippen LogP) is 3.08. The first kappa shape index (κ1) is 20.6. The van der Waals surface area contributed by atoms with Gasteiger partial charge in [0.15, 0.2) is 9.84 Å². The van der Waals surface area contributed by atoms with Gasteiger partial charge < -0.3 is 0 Å². The summed E-state index contributed by atoms with van der Waals surface area (Å²) < 4.78 is 22.7. The summed E-state index contributed by atoms with van der Waals surface area (Å²) in [6.07, 6.45) is 7.89. The third kappa shape index (κ3) is 13.1. The van der Waals surface area contributed by atoms with Crippen molar-refractivity contribution in [3.63, 3.8) is 0 Å². The highest BCUT2D eigenvalue weighted by atomic mass is 35.5. The van der Waals surface area contributed by atoms with Crippen LogP contribution < -0.4 is 0 Å². The van der Waals surface area contributed by atoms with Gasteiger partial charge in [-0.2, -0.15) is 0 Å². The lowest BCUT2D eigenvalue weighted by Crippen LogP contribution is -2.26. The fraction of sp³-hybridized carbons (Fsp3) is 0.643. The molecular formula is C14H24Cl2N2O2S. The van der Waals surface area contributed by atoms with Crippen LogP contribution in [-0.4, -0.2) is 56.7 Å². The van der Waals surface area contributed by atoms with E-state index < -0.39 is 9.84 Å². The molecule has 1 atom stereocenters. The van der Waals surface area contributed by atoms with E-state index in [4.69, 9.17) is 23.2 Å². The van der Waals surface area contributed by atoms with Gasteiger partial charge in [0.2, 0.25) is 0 Å². The minimum Gasteiger partial charge on any atom is -0.287 e. The van der Waals surface area contributed by atoms with E-state index in [0.29, 0.717) is 24.7 Å². The Morgan fingerprint density at radius 3 is 2.67 bits per heavy atom. The Morgan fingerprint density at radius 2 is 2.10 bits per heavy atom. The molecule has 4 nitrogen and oxygen atoms in total. The summed E-state index contributed by atoms with van der Waals surface area (Å²) in [7, 11) is -1.07. The maximum Gasteiger partial charge on any atom is 0.151 e. The van der Waals surface area contributed by atoms with E-state index in [1.165, 1.54) is 0 Å². The first-order valence-corrected chi connectivity index (χ1v) is 9.42. The van der Waals surface area contributed by atoms with Crippen molar-refractivity contribution in [2.75, 3.05) is 31.8 Å². The summed E-state index contributed by atoms with van der Waals surface area (Å²) in [4.78, 5) is 6.05. The topological polar surface area (TPSA) is 49.7 Å². The highest BCUT2D eigenvalue weighted by molar-refractivity contribution is 7.91. The van der Waals surface area contributed by atoms with E-state index in [1.807, 2.05) is 24.1 Å². The van der Waals surface area contributed by atoms with Gasteiger partial charge in [-0.25, -0.2) is 8.42 Å². The fourth-order valence-corrected chi connectivity index (χ4v) is 2.73. The normalized spacial score (nSPS) is 15.4. The first-order chi connectivity index (χ1) is 9.76. The van der Waals surface area contributed by atoms with E-state index in [2.05, 4.69) is 4.99 Å². The molecule has 0 amide bonds. The SMILES string of the molecule is CCS(=O)(=O)CCN(C)C/N=C/C=C/CC(Cl)/C=C(\C)Cl. The minimum absolute atomic E-state index is 0.117. The molecule has 0 aromatic heterocycles. The van der Waals surface area contributed by atoms with Gasteiger partial charge in [0.25, 0.3) is 0 Å². The van der Waals surface area contributed by atoms with Crippen LogP contribution in [0.2, 0.25) is 0 Å². The van der Waals surface area contributed by atoms with Crippen LogP contribution in [0.3, 0.4) is 0 Å². The van der Waals surface area contributed by atoms with E-state index in [9.17, 15) is 8.42 Å². The molecule has 1 unspecified atom stereocenters. The van der Waals surface area contributed by atoms with Gasteiger partial charge in [0.05, 0.1) is 17.8 Å². The highest BCUT2D eigenvalue weighted by Crippen LogP contribution is 2.10. The van der Waals surface area contributed by atoms with Crippen molar-refractivity contribution in [3.05, 3.63) is 23.3 Å². The minimum atomic E-state index is -2.91. The van der Waals surface area contributed by atoms with Crippen LogP contribution in [0.25, 0.3) is 0 Å². The molecule has 0 N–H and O–H groups in total. The molecular weight excluding hydrogens is 331 g/mol. The van der Waals surface area contributed by atoms with Crippen LogP contribution in [-0.2, 0) is 9.84 Å². The molecule has 0 aliphatic carbocycles. The number of allylic oxidation sites excluding steroid dienone is 4. The molecule has 0 aliphatic heterocycles. The van der Waals surface area contributed by atoms with Crippen LogP contribution in [0.4, 0.5) is 0 Å². The van der Waals surface area contributed by atoms with Gasteiger partial charge in [-0.1, -0.05) is 30.7 Å². The third-order valence-corrected chi connectivity index (χ3v) is 4.76. The van der Waals surface area contributed by atoms with E-state index in [-0.39, 0.29) is 16.9 Å². The number of hydrogen-bond acceptors (Lipinski definition) is 4. The second kappa shape index (κ2) is 11.2. The largest absolute Gasteiger partial charge is 0.287 e. The quantitative estimate of drug-likeness (QED) is 0.447. The predicted molar refractivity (Wildman–Crippen MR) is 93.3 cm³/mol. The summed E-state index contributed by atoms with van der Waals surface area (Å²) >= 11 is 11.7. The average molecular weight is 355 g/mol. The van der Waals surface area contributed by atoms with Crippen LogP contribution in [0.15, 0.2) is 28.3 Å². The number of nitrogens with zero attached hydrogens (tertiary/aromatic N) is 2. The Kier molecular flexibility index (Phi) is 11.0. The number of rotatable bonds is 10. The number of halogens is 2. The summed E-state index contributed by atoms with van der Waals surface area (Å²) in [5, 5.41) is 0.565. The van der Waals surface area contributed by atoms with Gasteiger partial charge in [-0.3, -0.25) is 9.89 Å². The monoisotopic (exact) mass is 354 g/mol. The standard InChI is InChI=1S/C14H24Cl2N2O2S/c1-4-21(19,20)10-9-18(3)12-17-8-6-5-7-14(16)11-13(2)15/h5-6,8,11,14H,4,7,9-10,12H2,1-3H3/b6-5+,13-11+,17-8+. The zero-order chi connectivity index (χ0) is 16.3. The van der Waals surface area contributed by atoms with Gasteiger partial charge in [0, 0.05) is 23.5 Å². The molecule has 122 valence electrons. The second-order valence-corrected chi connectivity index (χ2v) is 8.35. The Balaban J connectivity index is 3.93. The molecule has 7 heteroatoms. The Morgan fingerprint density at radius 1 is 1.43 bits per heavy atom. The maximum atomic E-state index is 11.4. The molecule has 21 heavy (non-hydrogen) atoms. The van der Waals surface area contributed by atoms with Gasteiger partial charge in [-0.15, -0.1) is 11.6 Å². The first-order valence-electron chi connectivity index (χ1n) is 6.78. The lowest BCUT2D eigenvalue weighted by molar-refractivity contribution is 0.367. The molecule has 0 aliphatic rings. The van der Waals surface area contributed by atoms with E-state index in [1.54, 1.807) is 26.1 Å². The zero-order valence-corrected chi connectivity index (χ0v) is 15.1. The maximum absolute atomic E-state index is 11.4. The molecule has 0 saturated carbocycles. The lowest BCUT2D eigenvalue weighted by Gasteiger charge is -2.12. The molecule has 0 aromatic carbocycles. The molecule has 0 heterocycles. The molecule has 0 bridgehead atoms.